The maximum absolute atomic E-state index is 13.4. The van der Waals surface area contributed by atoms with E-state index in [4.69, 9.17) is 10.5 Å². The minimum absolute atomic E-state index is 0.114. The van der Waals surface area contributed by atoms with Gasteiger partial charge in [-0.15, -0.1) is 0 Å². The minimum atomic E-state index is -0.893. The number of ether oxygens (including phenoxy) is 1. The molecular weight excluding hydrogens is 434 g/mol. The molecule has 1 aromatic heterocycles. The maximum atomic E-state index is 13.4. The van der Waals surface area contributed by atoms with Crippen molar-refractivity contribution in [3.63, 3.8) is 0 Å². The average molecular weight is 460 g/mol. The lowest BCUT2D eigenvalue weighted by molar-refractivity contribution is -0.134. The molecule has 0 saturated carbocycles. The quantitative estimate of drug-likeness (QED) is 0.742. The topological polar surface area (TPSA) is 77.6 Å². The van der Waals surface area contributed by atoms with Gasteiger partial charge in [0, 0.05) is 18.7 Å². The van der Waals surface area contributed by atoms with E-state index in [1.807, 2.05) is 6.07 Å². The molecule has 29 heavy (non-hydrogen) atoms. The molecule has 1 atom stereocenters. The summed E-state index contributed by atoms with van der Waals surface area (Å²) < 4.78 is 8.48. The highest BCUT2D eigenvalue weighted by Gasteiger charge is 2.49. The Bertz CT molecular complexity index is 1010. The fraction of sp³-hybridized carbons (Fsp3) is 0.455. The standard InChI is InChI=1S/C22H26BrN3O3/c1-4-5-14-10-17(20(27)26-9-7-22(26,2)21(24)28)25-8-6-13-11-18(29-3)16(23)12-15(13)19(14)25/h10-12H,4-9H2,1-3H3,(H2,24,28)/t22-/m1/s1. The highest BCUT2D eigenvalue weighted by Crippen LogP contribution is 2.41. The summed E-state index contributed by atoms with van der Waals surface area (Å²) in [5, 5.41) is 0. The molecule has 2 aliphatic heterocycles. The fourth-order valence-corrected chi connectivity index (χ4v) is 4.99. The summed E-state index contributed by atoms with van der Waals surface area (Å²) in [7, 11) is 1.67. The zero-order valence-electron chi connectivity index (χ0n) is 17.0. The summed E-state index contributed by atoms with van der Waals surface area (Å²) in [6, 6.07) is 6.17. The van der Waals surface area contributed by atoms with Gasteiger partial charge in [0.15, 0.2) is 0 Å². The van der Waals surface area contributed by atoms with Gasteiger partial charge in [-0.25, -0.2) is 0 Å². The maximum Gasteiger partial charge on any atom is 0.271 e. The summed E-state index contributed by atoms with van der Waals surface area (Å²) in [5.74, 6) is 0.254. The summed E-state index contributed by atoms with van der Waals surface area (Å²) >= 11 is 3.60. The van der Waals surface area contributed by atoms with Crippen LogP contribution in [0, 0.1) is 0 Å². The number of primary amides is 1. The summed E-state index contributed by atoms with van der Waals surface area (Å²) in [5.41, 5.74) is 9.95. The number of benzene rings is 1. The van der Waals surface area contributed by atoms with Gasteiger partial charge >= 0.3 is 0 Å². The van der Waals surface area contributed by atoms with E-state index in [0.717, 1.165) is 52.9 Å². The second-order valence-corrected chi connectivity index (χ2v) is 8.90. The Morgan fingerprint density at radius 2 is 2.03 bits per heavy atom. The SMILES string of the molecule is CCCc1cc(C(=O)N2CC[C@]2(C)C(N)=O)n2c1-c1cc(Br)c(OC)cc1CC2. The number of likely N-dealkylation sites (tertiary alicyclic amines) is 1. The lowest BCUT2D eigenvalue weighted by Crippen LogP contribution is -2.66. The van der Waals surface area contributed by atoms with Crippen molar-refractivity contribution in [3.8, 4) is 17.0 Å². The van der Waals surface area contributed by atoms with Crippen molar-refractivity contribution in [2.24, 2.45) is 5.73 Å². The number of nitrogens with two attached hydrogens (primary N) is 1. The Morgan fingerprint density at radius 1 is 1.28 bits per heavy atom. The van der Waals surface area contributed by atoms with Crippen LogP contribution in [0.3, 0.4) is 0 Å². The van der Waals surface area contributed by atoms with Gasteiger partial charge in [0.1, 0.15) is 17.0 Å². The normalized spacial score (nSPS) is 19.9. The largest absolute Gasteiger partial charge is 0.496 e. The van der Waals surface area contributed by atoms with E-state index in [1.54, 1.807) is 18.9 Å². The molecule has 2 amide bonds. The Hall–Kier alpha value is -2.28. The number of rotatable bonds is 5. The Balaban J connectivity index is 1.82. The van der Waals surface area contributed by atoms with Gasteiger partial charge in [-0.05, 0) is 71.4 Å². The third-order valence-electron chi connectivity index (χ3n) is 6.35. The zero-order valence-corrected chi connectivity index (χ0v) is 18.6. The Labute approximate surface area is 179 Å². The molecule has 4 rings (SSSR count). The number of carbonyl (C=O) groups is 2. The lowest BCUT2D eigenvalue weighted by atomic mass is 9.85. The second-order valence-electron chi connectivity index (χ2n) is 8.04. The van der Waals surface area contributed by atoms with Gasteiger partial charge in [-0.1, -0.05) is 13.3 Å². The number of aryl methyl sites for hydroxylation is 2. The van der Waals surface area contributed by atoms with Crippen molar-refractivity contribution in [2.75, 3.05) is 13.7 Å². The minimum Gasteiger partial charge on any atom is -0.496 e. The predicted octanol–water partition coefficient (Wildman–Crippen LogP) is 3.52. The molecule has 1 fully saturated rings. The predicted molar refractivity (Wildman–Crippen MR) is 115 cm³/mol. The van der Waals surface area contributed by atoms with Gasteiger partial charge in [0.2, 0.25) is 5.91 Å². The number of halogens is 1. The van der Waals surface area contributed by atoms with Crippen LogP contribution in [0.1, 0.15) is 48.3 Å². The molecule has 0 bridgehead atoms. The van der Waals surface area contributed by atoms with Crippen LogP contribution in [0.2, 0.25) is 0 Å². The van der Waals surface area contributed by atoms with Gasteiger partial charge in [-0.3, -0.25) is 9.59 Å². The third-order valence-corrected chi connectivity index (χ3v) is 6.97. The van der Waals surface area contributed by atoms with Crippen LogP contribution in [0.25, 0.3) is 11.3 Å². The van der Waals surface area contributed by atoms with E-state index in [9.17, 15) is 9.59 Å². The molecule has 2 N–H and O–H groups in total. The first kappa shape index (κ1) is 20.0. The molecule has 1 aromatic carbocycles. The number of aromatic nitrogens is 1. The van der Waals surface area contributed by atoms with Crippen LogP contribution in [0.4, 0.5) is 0 Å². The van der Waals surface area contributed by atoms with E-state index in [0.29, 0.717) is 18.7 Å². The van der Waals surface area contributed by atoms with E-state index in [-0.39, 0.29) is 5.91 Å². The number of nitrogens with zero attached hydrogens (tertiary/aromatic N) is 2. The molecule has 2 aromatic rings. The lowest BCUT2D eigenvalue weighted by Gasteiger charge is -2.48. The number of hydrogen-bond acceptors (Lipinski definition) is 3. The van der Waals surface area contributed by atoms with Gasteiger partial charge in [0.25, 0.3) is 5.91 Å². The summed E-state index contributed by atoms with van der Waals surface area (Å²) in [4.78, 5) is 26.9. The van der Waals surface area contributed by atoms with Crippen LogP contribution in [-0.4, -0.2) is 40.5 Å². The van der Waals surface area contributed by atoms with Gasteiger partial charge in [0.05, 0.1) is 17.3 Å². The van der Waals surface area contributed by atoms with Crippen LogP contribution in [-0.2, 0) is 24.2 Å². The monoisotopic (exact) mass is 459 g/mol. The average Bonchev–Trinajstić information content (AvgIpc) is 3.05. The molecule has 0 spiro atoms. The molecule has 2 aliphatic rings. The van der Waals surface area contributed by atoms with Crippen molar-refractivity contribution < 1.29 is 14.3 Å². The first-order chi connectivity index (χ1) is 13.8. The summed E-state index contributed by atoms with van der Waals surface area (Å²) in [6.07, 6.45) is 3.30. The molecule has 6 nitrogen and oxygen atoms in total. The Morgan fingerprint density at radius 3 is 2.62 bits per heavy atom. The molecule has 0 aliphatic carbocycles. The first-order valence-corrected chi connectivity index (χ1v) is 10.8. The van der Waals surface area contributed by atoms with Crippen molar-refractivity contribution in [2.45, 2.75) is 51.6 Å². The molecule has 1 saturated heterocycles. The third kappa shape index (κ3) is 2.98. The highest BCUT2D eigenvalue weighted by atomic mass is 79.9. The first-order valence-electron chi connectivity index (χ1n) is 10.0. The van der Waals surface area contributed by atoms with Gasteiger partial charge in [-0.2, -0.15) is 0 Å². The summed E-state index contributed by atoms with van der Waals surface area (Å²) in [6.45, 7) is 5.17. The van der Waals surface area contributed by atoms with Crippen LogP contribution < -0.4 is 10.5 Å². The van der Waals surface area contributed by atoms with E-state index < -0.39 is 11.4 Å². The molecule has 3 heterocycles. The molecule has 154 valence electrons. The molecule has 0 unspecified atom stereocenters. The number of hydrogen-bond donors (Lipinski definition) is 1. The highest BCUT2D eigenvalue weighted by molar-refractivity contribution is 9.10. The molecule has 7 heteroatoms. The molecule has 0 radical (unpaired) electrons. The van der Waals surface area contributed by atoms with Crippen LogP contribution in [0.5, 0.6) is 5.75 Å². The van der Waals surface area contributed by atoms with Crippen LogP contribution >= 0.6 is 15.9 Å². The number of carbonyl (C=O) groups excluding carboxylic acids is 2. The van der Waals surface area contributed by atoms with Crippen molar-refractivity contribution in [1.29, 1.82) is 0 Å². The Kier molecular flexibility index (Phi) is 4.97. The fourth-order valence-electron chi connectivity index (χ4n) is 4.48. The number of amides is 2. The van der Waals surface area contributed by atoms with Crippen molar-refractivity contribution in [1.82, 2.24) is 9.47 Å². The second kappa shape index (κ2) is 7.20. The zero-order chi connectivity index (χ0) is 20.9. The van der Waals surface area contributed by atoms with Crippen molar-refractivity contribution in [3.05, 3.63) is 39.5 Å². The number of fused-ring (bicyclic) bond motifs is 3. The van der Waals surface area contributed by atoms with E-state index in [1.165, 1.54) is 5.56 Å². The van der Waals surface area contributed by atoms with Crippen LogP contribution in [0.15, 0.2) is 22.7 Å². The van der Waals surface area contributed by atoms with E-state index >= 15 is 0 Å². The van der Waals surface area contributed by atoms with Crippen molar-refractivity contribution >= 4 is 27.7 Å². The molecular formula is C22H26BrN3O3. The smallest absolute Gasteiger partial charge is 0.271 e. The van der Waals surface area contributed by atoms with E-state index in [2.05, 4.69) is 39.6 Å². The number of methoxy groups -OCH3 is 1. The van der Waals surface area contributed by atoms with Gasteiger partial charge < -0.3 is 19.9 Å².